The second-order valence-corrected chi connectivity index (χ2v) is 6.71. The average molecular weight is 352 g/mol. The van der Waals surface area contributed by atoms with E-state index in [-0.39, 0.29) is 17.7 Å². The average Bonchev–Trinajstić information content (AvgIpc) is 2.67. The molecule has 0 fully saturated rings. The van der Waals surface area contributed by atoms with E-state index in [1.807, 2.05) is 62.4 Å². The topological polar surface area (TPSA) is 43.4 Å². The van der Waals surface area contributed by atoms with E-state index in [9.17, 15) is 9.59 Å². The Hall–Kier alpha value is -2.42. The zero-order valence-corrected chi connectivity index (χ0v) is 16.0. The number of hydrogen-bond acceptors (Lipinski definition) is 3. The lowest BCUT2D eigenvalue weighted by Gasteiger charge is -2.09. The van der Waals surface area contributed by atoms with Crippen LogP contribution in [0.4, 0.5) is 0 Å². The highest BCUT2D eigenvalue weighted by Gasteiger charge is 2.13. The van der Waals surface area contributed by atoms with Gasteiger partial charge in [-0.3, -0.25) is 9.59 Å². The van der Waals surface area contributed by atoms with Crippen molar-refractivity contribution in [2.45, 2.75) is 52.9 Å². The first-order valence-electron chi connectivity index (χ1n) is 9.50. The predicted molar refractivity (Wildman–Crippen MR) is 105 cm³/mol. The first kappa shape index (κ1) is 19.9. The molecule has 0 aliphatic heterocycles. The maximum absolute atomic E-state index is 12.2. The van der Waals surface area contributed by atoms with Crippen LogP contribution in [0.2, 0.25) is 0 Å². The molecule has 26 heavy (non-hydrogen) atoms. The number of ether oxygens (including phenoxy) is 1. The molecule has 2 rings (SSSR count). The molecule has 3 nitrogen and oxygen atoms in total. The van der Waals surface area contributed by atoms with Crippen molar-refractivity contribution in [1.29, 1.82) is 0 Å². The van der Waals surface area contributed by atoms with Crippen LogP contribution < -0.4 is 4.74 Å². The van der Waals surface area contributed by atoms with Crippen LogP contribution in [0.5, 0.6) is 5.75 Å². The summed E-state index contributed by atoms with van der Waals surface area (Å²) in [6.07, 6.45) is 4.31. The Labute approximate surface area is 156 Å². The highest BCUT2D eigenvalue weighted by atomic mass is 16.5. The molecular weight excluding hydrogens is 324 g/mol. The van der Waals surface area contributed by atoms with Crippen LogP contribution in [0.25, 0.3) is 11.1 Å². The molecule has 0 radical (unpaired) electrons. The Kier molecular flexibility index (Phi) is 7.58. The summed E-state index contributed by atoms with van der Waals surface area (Å²) in [6, 6.07) is 15.2. The van der Waals surface area contributed by atoms with Crippen molar-refractivity contribution in [3.8, 4) is 16.9 Å². The van der Waals surface area contributed by atoms with Crippen LogP contribution in [0, 0.1) is 5.92 Å². The first-order valence-corrected chi connectivity index (χ1v) is 9.50. The van der Waals surface area contributed by atoms with Crippen LogP contribution >= 0.6 is 0 Å². The molecule has 1 atom stereocenters. The number of ketones is 1. The van der Waals surface area contributed by atoms with Gasteiger partial charge < -0.3 is 4.74 Å². The molecule has 0 amide bonds. The fourth-order valence-electron chi connectivity index (χ4n) is 2.71. The minimum absolute atomic E-state index is 0.0483. The Morgan fingerprint density at radius 1 is 0.885 bits per heavy atom. The summed E-state index contributed by atoms with van der Waals surface area (Å²) in [7, 11) is 0. The summed E-state index contributed by atoms with van der Waals surface area (Å²) in [4.78, 5) is 24.0. The summed E-state index contributed by atoms with van der Waals surface area (Å²) in [5, 5.41) is 0. The van der Waals surface area contributed by atoms with E-state index < -0.39 is 0 Å². The standard InChI is InChI=1S/C23H28O3/c1-4-6-7-8-22(24)26-21-15-13-19(14-16-21)18-9-11-20(12-10-18)23(25)17(3)5-2/h9-17H,4-8H2,1-3H3. The molecule has 0 N–H and O–H groups in total. The molecule has 0 aromatic heterocycles. The second kappa shape index (κ2) is 9.91. The van der Waals surface area contributed by atoms with Gasteiger partial charge in [0.25, 0.3) is 0 Å². The SMILES string of the molecule is CCCCCC(=O)Oc1ccc(-c2ccc(C(=O)C(C)CC)cc2)cc1. The second-order valence-electron chi connectivity index (χ2n) is 6.71. The Morgan fingerprint density at radius 3 is 2.00 bits per heavy atom. The van der Waals surface area contributed by atoms with E-state index >= 15 is 0 Å². The lowest BCUT2D eigenvalue weighted by atomic mass is 9.95. The normalized spacial score (nSPS) is 11.8. The Bertz CT molecular complexity index is 714. The molecule has 2 aromatic carbocycles. The van der Waals surface area contributed by atoms with Gasteiger partial charge in [0.1, 0.15) is 5.75 Å². The maximum atomic E-state index is 12.2. The van der Waals surface area contributed by atoms with Gasteiger partial charge in [0.05, 0.1) is 0 Å². The molecule has 0 spiro atoms. The number of Topliss-reactive ketones (excluding diaryl/α,β-unsaturated/α-hetero) is 1. The highest BCUT2D eigenvalue weighted by Crippen LogP contribution is 2.24. The van der Waals surface area contributed by atoms with Crippen LogP contribution in [0.3, 0.4) is 0 Å². The molecule has 0 saturated carbocycles. The van der Waals surface area contributed by atoms with E-state index in [0.29, 0.717) is 12.2 Å². The summed E-state index contributed by atoms with van der Waals surface area (Å²) in [5.41, 5.74) is 2.81. The summed E-state index contributed by atoms with van der Waals surface area (Å²) in [5.74, 6) is 0.620. The van der Waals surface area contributed by atoms with Crippen molar-refractivity contribution in [3.63, 3.8) is 0 Å². The van der Waals surface area contributed by atoms with Gasteiger partial charge in [0.2, 0.25) is 0 Å². The van der Waals surface area contributed by atoms with Gasteiger partial charge in [-0.05, 0) is 36.1 Å². The van der Waals surface area contributed by atoms with Gasteiger partial charge in [-0.1, -0.05) is 70.0 Å². The summed E-state index contributed by atoms with van der Waals surface area (Å²) >= 11 is 0. The molecule has 138 valence electrons. The number of carbonyl (C=O) groups excluding carboxylic acids is 2. The third-order valence-corrected chi connectivity index (χ3v) is 4.63. The van der Waals surface area contributed by atoms with Crippen LogP contribution in [0.1, 0.15) is 63.2 Å². The molecule has 3 heteroatoms. The largest absolute Gasteiger partial charge is 0.427 e. The van der Waals surface area contributed by atoms with E-state index in [1.165, 1.54) is 0 Å². The minimum atomic E-state index is -0.181. The third kappa shape index (κ3) is 5.55. The van der Waals surface area contributed by atoms with E-state index in [0.717, 1.165) is 42.4 Å². The van der Waals surface area contributed by atoms with Crippen LogP contribution in [0.15, 0.2) is 48.5 Å². The smallest absolute Gasteiger partial charge is 0.311 e. The molecule has 0 saturated heterocycles. The third-order valence-electron chi connectivity index (χ3n) is 4.63. The number of hydrogen-bond donors (Lipinski definition) is 0. The first-order chi connectivity index (χ1) is 12.5. The van der Waals surface area contributed by atoms with Crippen molar-refractivity contribution in [1.82, 2.24) is 0 Å². The van der Waals surface area contributed by atoms with Gasteiger partial charge in [-0.25, -0.2) is 0 Å². The van der Waals surface area contributed by atoms with Crippen molar-refractivity contribution < 1.29 is 14.3 Å². The number of carbonyl (C=O) groups is 2. The lowest BCUT2D eigenvalue weighted by Crippen LogP contribution is -2.09. The number of unbranched alkanes of at least 4 members (excludes halogenated alkanes) is 2. The molecule has 0 aliphatic rings. The van der Waals surface area contributed by atoms with Gasteiger partial charge in [-0.2, -0.15) is 0 Å². The van der Waals surface area contributed by atoms with Crippen molar-refractivity contribution in [2.24, 2.45) is 5.92 Å². The molecule has 0 heterocycles. The quantitative estimate of drug-likeness (QED) is 0.238. The molecule has 2 aromatic rings. The molecule has 0 bridgehead atoms. The van der Waals surface area contributed by atoms with E-state index in [4.69, 9.17) is 4.74 Å². The molecule has 1 unspecified atom stereocenters. The highest BCUT2D eigenvalue weighted by molar-refractivity contribution is 5.98. The number of rotatable bonds is 9. The Balaban J connectivity index is 1.99. The number of benzene rings is 2. The van der Waals surface area contributed by atoms with Gasteiger partial charge in [0, 0.05) is 17.9 Å². The minimum Gasteiger partial charge on any atom is -0.427 e. The van der Waals surface area contributed by atoms with Crippen molar-refractivity contribution in [3.05, 3.63) is 54.1 Å². The molecule has 0 aliphatic carbocycles. The number of esters is 1. The zero-order valence-electron chi connectivity index (χ0n) is 16.0. The van der Waals surface area contributed by atoms with Crippen molar-refractivity contribution >= 4 is 11.8 Å². The predicted octanol–water partition coefficient (Wildman–Crippen LogP) is 6.07. The Morgan fingerprint density at radius 2 is 1.46 bits per heavy atom. The van der Waals surface area contributed by atoms with Gasteiger partial charge in [0.15, 0.2) is 5.78 Å². The lowest BCUT2D eigenvalue weighted by molar-refractivity contribution is -0.134. The van der Waals surface area contributed by atoms with Gasteiger partial charge in [-0.15, -0.1) is 0 Å². The van der Waals surface area contributed by atoms with Crippen LogP contribution in [-0.4, -0.2) is 11.8 Å². The monoisotopic (exact) mass is 352 g/mol. The van der Waals surface area contributed by atoms with E-state index in [2.05, 4.69) is 6.92 Å². The van der Waals surface area contributed by atoms with Gasteiger partial charge >= 0.3 is 5.97 Å². The summed E-state index contributed by atoms with van der Waals surface area (Å²) in [6.45, 7) is 6.09. The van der Waals surface area contributed by atoms with Crippen LogP contribution in [-0.2, 0) is 4.79 Å². The summed E-state index contributed by atoms with van der Waals surface area (Å²) < 4.78 is 5.36. The fourth-order valence-corrected chi connectivity index (χ4v) is 2.71. The zero-order chi connectivity index (χ0) is 18.9. The van der Waals surface area contributed by atoms with E-state index in [1.54, 1.807) is 0 Å². The van der Waals surface area contributed by atoms with Crippen molar-refractivity contribution in [2.75, 3.05) is 0 Å². The fraction of sp³-hybridized carbons (Fsp3) is 0.391. The molecular formula is C23H28O3. The maximum Gasteiger partial charge on any atom is 0.311 e.